The number of rotatable bonds is 10. The highest BCUT2D eigenvalue weighted by Gasteiger charge is 2.39. The Hall–Kier alpha value is -2.32. The first-order valence-corrected chi connectivity index (χ1v) is 8.14. The molecule has 25 heavy (non-hydrogen) atoms. The van der Waals surface area contributed by atoms with E-state index in [0.717, 1.165) is 36.9 Å². The van der Waals surface area contributed by atoms with Crippen LogP contribution in [0.4, 0.5) is 5.69 Å². The van der Waals surface area contributed by atoms with Crippen molar-refractivity contribution in [2.45, 2.75) is 31.9 Å². The van der Waals surface area contributed by atoms with E-state index in [2.05, 4.69) is 15.8 Å². The first-order chi connectivity index (χ1) is 11.9. The Kier molecular flexibility index (Phi) is 6.22. The number of nitrogens with zero attached hydrogens (tertiary/aromatic N) is 1. The van der Waals surface area contributed by atoms with Crippen LogP contribution < -0.4 is 15.4 Å². The molecule has 0 saturated heterocycles. The predicted molar refractivity (Wildman–Crippen MR) is 92.9 cm³/mol. The molecule has 2 unspecified atom stereocenters. The zero-order chi connectivity index (χ0) is 18.4. The fourth-order valence-electron chi connectivity index (χ4n) is 2.53. The summed E-state index contributed by atoms with van der Waals surface area (Å²) in [5, 5.41) is 18.6. The monoisotopic (exact) mass is 349 g/mol. The predicted octanol–water partition coefficient (Wildman–Crippen LogP) is 0.667. The number of carbonyl (C=O) groups excluding carboxylic acids is 2. The molecule has 0 spiro atoms. The van der Waals surface area contributed by atoms with E-state index in [4.69, 9.17) is 4.74 Å². The van der Waals surface area contributed by atoms with Gasteiger partial charge in [-0.25, -0.2) is 0 Å². The van der Waals surface area contributed by atoms with Crippen molar-refractivity contribution in [2.75, 3.05) is 31.6 Å². The Morgan fingerprint density at radius 2 is 2.24 bits per heavy atom. The molecule has 0 aromatic heterocycles. The third-order valence-electron chi connectivity index (χ3n) is 4.33. The Morgan fingerprint density at radius 3 is 2.92 bits per heavy atom. The minimum absolute atomic E-state index is 0.0630. The lowest BCUT2D eigenvalue weighted by Gasteiger charge is -2.18. The van der Waals surface area contributed by atoms with Crippen LogP contribution in [0.1, 0.15) is 19.4 Å². The van der Waals surface area contributed by atoms with E-state index < -0.39 is 23.2 Å². The highest BCUT2D eigenvalue weighted by Crippen LogP contribution is 2.30. The second kappa shape index (κ2) is 8.17. The summed E-state index contributed by atoms with van der Waals surface area (Å²) in [6.07, 6.45) is 0.0298. The van der Waals surface area contributed by atoms with Crippen LogP contribution in [-0.2, 0) is 16.0 Å². The van der Waals surface area contributed by atoms with Crippen LogP contribution >= 0.6 is 0 Å². The average Bonchev–Trinajstić information content (AvgIpc) is 3.08. The van der Waals surface area contributed by atoms with E-state index in [9.17, 15) is 19.6 Å². The summed E-state index contributed by atoms with van der Waals surface area (Å²) in [4.78, 5) is 34.1. The largest absolute Gasteiger partial charge is 0.490 e. The lowest BCUT2D eigenvalue weighted by atomic mass is 9.93. The number of aliphatic hydroxyl groups is 1. The Balaban J connectivity index is 1.77. The van der Waals surface area contributed by atoms with Gasteiger partial charge in [0.25, 0.3) is 0 Å². The van der Waals surface area contributed by atoms with E-state index in [-0.39, 0.29) is 19.7 Å². The van der Waals surface area contributed by atoms with E-state index in [1.54, 1.807) is 0 Å². The van der Waals surface area contributed by atoms with Gasteiger partial charge in [0, 0.05) is 24.3 Å². The SMILES string of the molecule is CC(=O)C(C)(N=O)C(=O)CNCC(O)COc1cccc2c1CCN2. The normalized spacial score (nSPS) is 16.3. The number of carbonyl (C=O) groups is 2. The van der Waals surface area contributed by atoms with Crippen LogP contribution in [0.3, 0.4) is 0 Å². The van der Waals surface area contributed by atoms with Gasteiger partial charge >= 0.3 is 0 Å². The van der Waals surface area contributed by atoms with Crippen LogP contribution in [-0.4, -0.2) is 54.6 Å². The fraction of sp³-hybridized carbons (Fsp3) is 0.529. The van der Waals surface area contributed by atoms with Gasteiger partial charge in [-0.15, -0.1) is 4.91 Å². The number of hydrogen-bond acceptors (Lipinski definition) is 8. The topological polar surface area (TPSA) is 117 Å². The molecule has 0 bridgehead atoms. The molecule has 0 radical (unpaired) electrons. The standard InChI is InChI=1S/C17H23N3O5/c1-11(21)17(2,20-24)16(23)9-18-8-12(22)10-25-15-5-3-4-14-13(15)6-7-19-14/h3-5,12,18-19,22H,6-10H2,1-2H3. The molecule has 0 fully saturated rings. The first kappa shape index (κ1) is 19.0. The molecule has 1 heterocycles. The second-order valence-electron chi connectivity index (χ2n) is 6.20. The van der Waals surface area contributed by atoms with Crippen LogP contribution in [0.25, 0.3) is 0 Å². The maximum Gasteiger partial charge on any atom is 0.216 e. The highest BCUT2D eigenvalue weighted by molar-refractivity contribution is 6.11. The lowest BCUT2D eigenvalue weighted by molar-refractivity contribution is -0.132. The van der Waals surface area contributed by atoms with E-state index in [0.29, 0.717) is 0 Å². The van der Waals surface area contributed by atoms with E-state index in [1.165, 1.54) is 6.92 Å². The van der Waals surface area contributed by atoms with Crippen LogP contribution in [0.2, 0.25) is 0 Å². The Bertz CT molecular complexity index is 664. The van der Waals surface area contributed by atoms with Crippen molar-refractivity contribution in [3.8, 4) is 5.75 Å². The van der Waals surface area contributed by atoms with Crippen molar-refractivity contribution in [2.24, 2.45) is 5.18 Å². The van der Waals surface area contributed by atoms with Gasteiger partial charge in [0.2, 0.25) is 5.54 Å². The van der Waals surface area contributed by atoms with Gasteiger partial charge in [-0.1, -0.05) is 6.07 Å². The van der Waals surface area contributed by atoms with Crippen molar-refractivity contribution < 1.29 is 19.4 Å². The summed E-state index contributed by atoms with van der Waals surface area (Å²) in [7, 11) is 0. The van der Waals surface area contributed by atoms with E-state index in [1.807, 2.05) is 18.2 Å². The number of ether oxygens (including phenoxy) is 1. The minimum Gasteiger partial charge on any atom is -0.490 e. The second-order valence-corrected chi connectivity index (χ2v) is 6.20. The molecule has 8 nitrogen and oxygen atoms in total. The summed E-state index contributed by atoms with van der Waals surface area (Å²) >= 11 is 0. The Morgan fingerprint density at radius 1 is 1.48 bits per heavy atom. The summed E-state index contributed by atoms with van der Waals surface area (Å²) in [5.41, 5.74) is 0.249. The number of benzene rings is 1. The fourth-order valence-corrected chi connectivity index (χ4v) is 2.53. The van der Waals surface area contributed by atoms with Gasteiger partial charge in [0.1, 0.15) is 18.5 Å². The highest BCUT2D eigenvalue weighted by atomic mass is 16.5. The number of hydrogen-bond donors (Lipinski definition) is 3. The summed E-state index contributed by atoms with van der Waals surface area (Å²) in [5.74, 6) is -0.508. The van der Waals surface area contributed by atoms with Gasteiger partial charge in [-0.2, -0.15) is 0 Å². The van der Waals surface area contributed by atoms with Gasteiger partial charge in [0.05, 0.1) is 6.54 Å². The quantitative estimate of drug-likeness (QED) is 0.420. The van der Waals surface area contributed by atoms with Crippen molar-refractivity contribution in [3.63, 3.8) is 0 Å². The number of ketones is 2. The molecule has 2 atom stereocenters. The maximum absolute atomic E-state index is 11.9. The molecule has 3 N–H and O–H groups in total. The molecule has 1 aromatic carbocycles. The molecule has 0 amide bonds. The smallest absolute Gasteiger partial charge is 0.216 e. The van der Waals surface area contributed by atoms with E-state index >= 15 is 0 Å². The zero-order valence-corrected chi connectivity index (χ0v) is 14.4. The third kappa shape index (κ3) is 4.40. The van der Waals surface area contributed by atoms with Crippen molar-refractivity contribution >= 4 is 17.3 Å². The van der Waals surface area contributed by atoms with Crippen molar-refractivity contribution in [1.82, 2.24) is 5.32 Å². The molecule has 8 heteroatoms. The van der Waals surface area contributed by atoms with Crippen molar-refractivity contribution in [1.29, 1.82) is 0 Å². The number of Topliss-reactive ketones (excluding diaryl/α,β-unsaturated/α-hetero) is 2. The lowest BCUT2D eigenvalue weighted by Crippen LogP contribution is -2.46. The minimum atomic E-state index is -1.88. The van der Waals surface area contributed by atoms with Crippen molar-refractivity contribution in [3.05, 3.63) is 28.7 Å². The number of nitrogens with one attached hydrogen (secondary N) is 2. The number of aliphatic hydroxyl groups excluding tert-OH is 1. The van der Waals surface area contributed by atoms with Gasteiger partial charge < -0.3 is 20.5 Å². The molecule has 0 saturated carbocycles. The number of nitroso groups, excluding NO2 is 1. The van der Waals surface area contributed by atoms with Crippen LogP contribution in [0.15, 0.2) is 23.4 Å². The molecule has 1 aliphatic heterocycles. The molecule has 136 valence electrons. The summed E-state index contributed by atoms with van der Waals surface area (Å²) in [6.45, 7) is 3.12. The molecular weight excluding hydrogens is 326 g/mol. The van der Waals surface area contributed by atoms with Gasteiger partial charge in [-0.05, 0) is 37.6 Å². The molecule has 1 aliphatic rings. The third-order valence-corrected chi connectivity index (χ3v) is 4.33. The van der Waals surface area contributed by atoms with Gasteiger partial charge in [0.15, 0.2) is 11.6 Å². The van der Waals surface area contributed by atoms with Crippen LogP contribution in [0, 0.1) is 4.91 Å². The first-order valence-electron chi connectivity index (χ1n) is 8.14. The Labute approximate surface area is 145 Å². The average molecular weight is 349 g/mol. The summed E-state index contributed by atoms with van der Waals surface area (Å²) in [6, 6.07) is 5.71. The van der Waals surface area contributed by atoms with Gasteiger partial charge in [-0.3, -0.25) is 9.59 Å². The molecule has 0 aliphatic carbocycles. The number of anilines is 1. The summed E-state index contributed by atoms with van der Waals surface area (Å²) < 4.78 is 5.66. The zero-order valence-electron chi connectivity index (χ0n) is 14.4. The number of fused-ring (bicyclic) bond motifs is 1. The molecule has 1 aromatic rings. The molecular formula is C17H23N3O5. The molecule has 2 rings (SSSR count). The van der Waals surface area contributed by atoms with Crippen LogP contribution in [0.5, 0.6) is 5.75 Å². The maximum atomic E-state index is 11.9.